The van der Waals surface area contributed by atoms with E-state index in [9.17, 15) is 14.0 Å². The first-order valence-electron chi connectivity index (χ1n) is 5.52. The number of carboxylic acids is 1. The van der Waals surface area contributed by atoms with E-state index < -0.39 is 11.8 Å². The van der Waals surface area contributed by atoms with Crippen LogP contribution in [0, 0.1) is 5.82 Å². The van der Waals surface area contributed by atoms with Gasteiger partial charge in [-0.2, -0.15) is 0 Å². The molecule has 0 saturated heterocycles. The van der Waals surface area contributed by atoms with Gasteiger partial charge >= 0.3 is 5.97 Å². The first kappa shape index (κ1) is 14.1. The van der Waals surface area contributed by atoms with Crippen LogP contribution in [-0.4, -0.2) is 30.6 Å². The topological polar surface area (TPSA) is 78.4 Å². The maximum atomic E-state index is 12.9. The third-order valence-corrected chi connectivity index (χ3v) is 2.32. The Hall–Kier alpha value is -1.95. The van der Waals surface area contributed by atoms with Gasteiger partial charge < -0.3 is 15.7 Å². The molecule has 5 nitrogen and oxygen atoms in total. The minimum Gasteiger partial charge on any atom is -0.478 e. The summed E-state index contributed by atoms with van der Waals surface area (Å²) in [6.45, 7) is 0.697. The standard InChI is InChI=1S/C12H15FN2O3/c1-14-6-2-3-11(16)15-10-5-4-8(13)7-9(10)12(17)18/h4-5,7,14H,2-3,6H2,1H3,(H,15,16)(H,17,18). The fraction of sp³-hybridized carbons (Fsp3) is 0.333. The second-order valence-electron chi connectivity index (χ2n) is 3.75. The van der Waals surface area contributed by atoms with Crippen LogP contribution in [0.15, 0.2) is 18.2 Å². The molecule has 0 fully saturated rings. The number of anilines is 1. The number of aromatic carboxylic acids is 1. The highest BCUT2D eigenvalue weighted by Gasteiger charge is 2.13. The van der Waals surface area contributed by atoms with E-state index >= 15 is 0 Å². The van der Waals surface area contributed by atoms with Crippen LogP contribution in [0.2, 0.25) is 0 Å². The Morgan fingerprint density at radius 3 is 2.72 bits per heavy atom. The van der Waals surface area contributed by atoms with E-state index in [0.717, 1.165) is 12.1 Å². The van der Waals surface area contributed by atoms with Gasteiger partial charge in [0, 0.05) is 6.42 Å². The van der Waals surface area contributed by atoms with Crippen LogP contribution in [-0.2, 0) is 4.79 Å². The van der Waals surface area contributed by atoms with Crippen molar-refractivity contribution in [3.8, 4) is 0 Å². The molecule has 0 aromatic heterocycles. The van der Waals surface area contributed by atoms with Gasteiger partial charge in [0.2, 0.25) is 5.91 Å². The predicted octanol–water partition coefficient (Wildman–Crippen LogP) is 1.46. The van der Waals surface area contributed by atoms with Gasteiger partial charge in [-0.25, -0.2) is 9.18 Å². The summed E-state index contributed by atoms with van der Waals surface area (Å²) in [6, 6.07) is 3.23. The molecule has 1 amide bonds. The molecule has 0 bridgehead atoms. The summed E-state index contributed by atoms with van der Waals surface area (Å²) < 4.78 is 12.9. The Bertz CT molecular complexity index is 449. The Kier molecular flexibility index (Phi) is 5.26. The van der Waals surface area contributed by atoms with Gasteiger partial charge in [-0.1, -0.05) is 0 Å². The smallest absolute Gasteiger partial charge is 0.337 e. The zero-order valence-corrected chi connectivity index (χ0v) is 10.00. The molecule has 6 heteroatoms. The van der Waals surface area contributed by atoms with Gasteiger partial charge in [0.1, 0.15) is 5.82 Å². The van der Waals surface area contributed by atoms with Crippen molar-refractivity contribution >= 4 is 17.6 Å². The number of rotatable bonds is 6. The lowest BCUT2D eigenvalue weighted by molar-refractivity contribution is -0.116. The lowest BCUT2D eigenvalue weighted by atomic mass is 10.1. The highest BCUT2D eigenvalue weighted by Crippen LogP contribution is 2.17. The van der Waals surface area contributed by atoms with Gasteiger partial charge in [-0.15, -0.1) is 0 Å². The number of halogens is 1. The van der Waals surface area contributed by atoms with E-state index in [0.29, 0.717) is 13.0 Å². The lowest BCUT2D eigenvalue weighted by Gasteiger charge is -2.08. The molecule has 0 radical (unpaired) electrons. The van der Waals surface area contributed by atoms with E-state index in [1.54, 1.807) is 7.05 Å². The molecular formula is C12H15FN2O3. The minimum absolute atomic E-state index is 0.110. The normalized spacial score (nSPS) is 10.1. The Morgan fingerprint density at radius 2 is 2.11 bits per heavy atom. The summed E-state index contributed by atoms with van der Waals surface area (Å²) in [5, 5.41) is 14.3. The molecule has 98 valence electrons. The van der Waals surface area contributed by atoms with Crippen LogP contribution in [0.25, 0.3) is 0 Å². The molecule has 0 unspecified atom stereocenters. The summed E-state index contributed by atoms with van der Waals surface area (Å²) in [7, 11) is 1.78. The average Bonchev–Trinajstić information content (AvgIpc) is 2.31. The fourth-order valence-electron chi connectivity index (χ4n) is 1.44. The number of benzene rings is 1. The van der Waals surface area contributed by atoms with E-state index in [4.69, 9.17) is 5.11 Å². The van der Waals surface area contributed by atoms with Gasteiger partial charge in [0.15, 0.2) is 0 Å². The molecule has 0 aliphatic heterocycles. The average molecular weight is 254 g/mol. The van der Waals surface area contributed by atoms with Crippen LogP contribution in [0.4, 0.5) is 10.1 Å². The quantitative estimate of drug-likeness (QED) is 0.672. The SMILES string of the molecule is CNCCCC(=O)Nc1ccc(F)cc1C(=O)O. The van der Waals surface area contributed by atoms with Crippen LogP contribution < -0.4 is 10.6 Å². The third kappa shape index (κ3) is 4.14. The van der Waals surface area contributed by atoms with Crippen molar-refractivity contribution in [2.24, 2.45) is 0 Å². The molecule has 0 aliphatic rings. The number of hydrogen-bond acceptors (Lipinski definition) is 3. The van der Waals surface area contributed by atoms with Crippen molar-refractivity contribution in [1.82, 2.24) is 5.32 Å². The summed E-state index contributed by atoms with van der Waals surface area (Å²) in [5.41, 5.74) is -0.143. The lowest BCUT2D eigenvalue weighted by Crippen LogP contribution is -2.17. The Balaban J connectivity index is 2.72. The second kappa shape index (κ2) is 6.70. The van der Waals surface area contributed by atoms with Crippen molar-refractivity contribution < 1.29 is 19.1 Å². The highest BCUT2D eigenvalue weighted by molar-refractivity contribution is 6.00. The monoisotopic (exact) mass is 254 g/mol. The van der Waals surface area contributed by atoms with Crippen molar-refractivity contribution in [3.63, 3.8) is 0 Å². The number of nitrogens with one attached hydrogen (secondary N) is 2. The van der Waals surface area contributed by atoms with Crippen molar-refractivity contribution in [3.05, 3.63) is 29.6 Å². The molecular weight excluding hydrogens is 239 g/mol. The maximum absolute atomic E-state index is 12.9. The van der Waals surface area contributed by atoms with Crippen molar-refractivity contribution in [2.75, 3.05) is 18.9 Å². The molecule has 18 heavy (non-hydrogen) atoms. The number of amides is 1. The van der Waals surface area contributed by atoms with Crippen LogP contribution in [0.1, 0.15) is 23.2 Å². The van der Waals surface area contributed by atoms with Crippen LogP contribution in [0.3, 0.4) is 0 Å². The second-order valence-corrected chi connectivity index (χ2v) is 3.75. The zero-order valence-electron chi connectivity index (χ0n) is 10.00. The van der Waals surface area contributed by atoms with Gasteiger partial charge in [0.25, 0.3) is 0 Å². The predicted molar refractivity (Wildman–Crippen MR) is 65.1 cm³/mol. The number of hydrogen-bond donors (Lipinski definition) is 3. The van der Waals surface area contributed by atoms with Crippen molar-refractivity contribution in [2.45, 2.75) is 12.8 Å². The van der Waals surface area contributed by atoms with Gasteiger partial charge in [-0.05, 0) is 38.2 Å². The van der Waals surface area contributed by atoms with Crippen LogP contribution >= 0.6 is 0 Å². The molecule has 0 atom stereocenters. The van der Waals surface area contributed by atoms with E-state index in [1.165, 1.54) is 6.07 Å². The Labute approximate surface area is 104 Å². The maximum Gasteiger partial charge on any atom is 0.337 e. The molecule has 0 aliphatic carbocycles. The van der Waals surface area contributed by atoms with Crippen LogP contribution in [0.5, 0.6) is 0 Å². The van der Waals surface area contributed by atoms with E-state index in [-0.39, 0.29) is 23.6 Å². The molecule has 3 N–H and O–H groups in total. The number of carbonyl (C=O) groups excluding carboxylic acids is 1. The first-order valence-corrected chi connectivity index (χ1v) is 5.52. The summed E-state index contributed by atoms with van der Waals surface area (Å²) in [4.78, 5) is 22.4. The number of carbonyl (C=O) groups is 2. The zero-order chi connectivity index (χ0) is 13.5. The summed E-state index contributed by atoms with van der Waals surface area (Å²) >= 11 is 0. The Morgan fingerprint density at radius 1 is 1.39 bits per heavy atom. The first-order chi connectivity index (χ1) is 8.54. The fourth-order valence-corrected chi connectivity index (χ4v) is 1.44. The molecule has 1 rings (SSSR count). The van der Waals surface area contributed by atoms with Crippen molar-refractivity contribution in [1.29, 1.82) is 0 Å². The molecule has 0 heterocycles. The summed E-state index contributed by atoms with van der Waals surface area (Å²) in [6.07, 6.45) is 0.920. The molecule has 0 saturated carbocycles. The van der Waals surface area contributed by atoms with Gasteiger partial charge in [-0.3, -0.25) is 4.79 Å². The summed E-state index contributed by atoms with van der Waals surface area (Å²) in [5.74, 6) is -2.22. The highest BCUT2D eigenvalue weighted by atomic mass is 19.1. The third-order valence-electron chi connectivity index (χ3n) is 2.32. The minimum atomic E-state index is -1.28. The molecule has 1 aromatic carbocycles. The van der Waals surface area contributed by atoms with E-state index in [1.807, 2.05) is 0 Å². The largest absolute Gasteiger partial charge is 0.478 e. The molecule has 1 aromatic rings. The van der Waals surface area contributed by atoms with E-state index in [2.05, 4.69) is 10.6 Å². The molecule has 0 spiro atoms. The number of carboxylic acid groups (broad SMARTS) is 1. The van der Waals surface area contributed by atoms with Gasteiger partial charge in [0.05, 0.1) is 11.3 Å².